The number of furan rings is 1. The summed E-state index contributed by atoms with van der Waals surface area (Å²) in [6, 6.07) is 65.6. The van der Waals surface area contributed by atoms with Gasteiger partial charge >= 0.3 is 0 Å². The van der Waals surface area contributed by atoms with Crippen LogP contribution in [-0.2, 0) is 0 Å². The summed E-state index contributed by atoms with van der Waals surface area (Å²) in [5.41, 5.74) is 11.3. The molecular weight excluding hydrogens is 703 g/mol. The molecule has 0 fully saturated rings. The average Bonchev–Trinajstić information content (AvgIpc) is 3.85. The number of fused-ring (bicyclic) bond motifs is 6. The highest BCUT2D eigenvalue weighted by molar-refractivity contribution is 7.26. The Kier molecular flexibility index (Phi) is 7.64. The third-order valence-electron chi connectivity index (χ3n) is 10.5. The molecule has 0 saturated heterocycles. The number of hydrogen-bond donors (Lipinski definition) is 0. The molecule has 4 nitrogen and oxygen atoms in total. The van der Waals surface area contributed by atoms with Crippen molar-refractivity contribution in [3.63, 3.8) is 0 Å². The van der Waals surface area contributed by atoms with Crippen LogP contribution in [0.25, 0.3) is 110 Å². The summed E-state index contributed by atoms with van der Waals surface area (Å²) >= 11 is 1.84. The summed E-state index contributed by atoms with van der Waals surface area (Å²) in [6.45, 7) is 0. The van der Waals surface area contributed by atoms with Crippen molar-refractivity contribution in [1.29, 1.82) is 0 Å². The molecule has 0 N–H and O–H groups in total. The van der Waals surface area contributed by atoms with Crippen LogP contribution < -0.4 is 0 Å². The molecule has 0 radical (unpaired) electrons. The summed E-state index contributed by atoms with van der Waals surface area (Å²) in [5, 5.41) is 4.54. The number of benzene rings is 8. The Bertz CT molecular complexity index is 3240. The topological polar surface area (TPSA) is 51.8 Å². The van der Waals surface area contributed by atoms with Gasteiger partial charge in [-0.25, -0.2) is 15.0 Å². The average molecular weight is 734 g/mol. The zero-order valence-electron chi connectivity index (χ0n) is 30.1. The maximum absolute atomic E-state index is 6.69. The van der Waals surface area contributed by atoms with Gasteiger partial charge in [0.25, 0.3) is 0 Å². The van der Waals surface area contributed by atoms with Crippen LogP contribution in [0.5, 0.6) is 0 Å². The summed E-state index contributed by atoms with van der Waals surface area (Å²) in [4.78, 5) is 15.3. The zero-order chi connectivity index (χ0) is 37.0. The van der Waals surface area contributed by atoms with E-state index in [9.17, 15) is 0 Å². The second kappa shape index (κ2) is 13.3. The minimum absolute atomic E-state index is 0.596. The SMILES string of the molecule is c1ccc(-c2cccc(-c3nc(-c4ccccc4)nc(-c4cccc5oc6cc(-c7cc(-c8ccccc8)cc8c7sc7ccccc78)ccc6c45)n3)c2)cc1. The molecule has 11 rings (SSSR count). The highest BCUT2D eigenvalue weighted by Gasteiger charge is 2.20. The van der Waals surface area contributed by atoms with Gasteiger partial charge in [-0.1, -0.05) is 146 Å². The van der Waals surface area contributed by atoms with Crippen LogP contribution in [0.2, 0.25) is 0 Å². The number of thiophene rings is 1. The lowest BCUT2D eigenvalue weighted by atomic mass is 9.95. The fraction of sp³-hybridized carbons (Fsp3) is 0. The van der Waals surface area contributed by atoms with Gasteiger partial charge in [0, 0.05) is 53.2 Å². The van der Waals surface area contributed by atoms with E-state index >= 15 is 0 Å². The Morgan fingerprint density at radius 1 is 0.339 bits per heavy atom. The van der Waals surface area contributed by atoms with E-state index in [1.807, 2.05) is 59.9 Å². The summed E-state index contributed by atoms with van der Waals surface area (Å²) in [5.74, 6) is 1.83. The fourth-order valence-corrected chi connectivity index (χ4v) is 9.05. The zero-order valence-corrected chi connectivity index (χ0v) is 30.9. The lowest BCUT2D eigenvalue weighted by molar-refractivity contribution is 0.669. The van der Waals surface area contributed by atoms with E-state index in [4.69, 9.17) is 19.4 Å². The second-order valence-electron chi connectivity index (χ2n) is 14.0. The van der Waals surface area contributed by atoms with E-state index in [0.717, 1.165) is 55.3 Å². The van der Waals surface area contributed by atoms with Crippen LogP contribution in [0.3, 0.4) is 0 Å². The van der Waals surface area contributed by atoms with Crippen molar-refractivity contribution in [2.75, 3.05) is 0 Å². The second-order valence-corrected chi connectivity index (χ2v) is 15.0. The standard InChI is InChI=1S/C51H31N3OS/c1-4-14-32(15-5-1)35-20-12-21-37(28-35)50-52-49(34-18-8-3-9-19-34)53-51(54-50)41-23-13-24-44-47(41)40-27-26-36(31-45(40)55-44)42-29-38(33-16-6-2-7-17-33)30-43-39-22-10-11-25-46(39)56-48(42)43/h1-31H. The van der Waals surface area contributed by atoms with Crippen molar-refractivity contribution in [3.05, 3.63) is 188 Å². The molecule has 5 heteroatoms. The predicted octanol–water partition coefficient (Wildman–Crippen LogP) is 14.1. The highest BCUT2D eigenvalue weighted by Crippen LogP contribution is 2.44. The Morgan fingerprint density at radius 2 is 0.964 bits per heavy atom. The van der Waals surface area contributed by atoms with Crippen LogP contribution in [0, 0.1) is 0 Å². The van der Waals surface area contributed by atoms with E-state index in [2.05, 4.69) is 140 Å². The Morgan fingerprint density at radius 3 is 1.75 bits per heavy atom. The Balaban J connectivity index is 1.09. The molecule has 0 aliphatic heterocycles. The van der Waals surface area contributed by atoms with Crippen molar-refractivity contribution in [2.24, 2.45) is 0 Å². The van der Waals surface area contributed by atoms with Crippen LogP contribution in [-0.4, -0.2) is 15.0 Å². The normalized spacial score (nSPS) is 11.6. The van der Waals surface area contributed by atoms with E-state index in [1.165, 1.54) is 36.9 Å². The van der Waals surface area contributed by atoms with Gasteiger partial charge in [-0.15, -0.1) is 11.3 Å². The van der Waals surface area contributed by atoms with E-state index in [0.29, 0.717) is 17.5 Å². The first kappa shape index (κ1) is 32.2. The highest BCUT2D eigenvalue weighted by atomic mass is 32.1. The maximum Gasteiger partial charge on any atom is 0.164 e. The first-order valence-corrected chi connectivity index (χ1v) is 19.5. The van der Waals surface area contributed by atoms with Gasteiger partial charge < -0.3 is 4.42 Å². The Hall–Kier alpha value is -7.21. The minimum Gasteiger partial charge on any atom is -0.456 e. The third-order valence-corrected chi connectivity index (χ3v) is 11.7. The summed E-state index contributed by atoms with van der Waals surface area (Å²) in [6.07, 6.45) is 0. The molecule has 3 heterocycles. The molecule has 0 amide bonds. The summed E-state index contributed by atoms with van der Waals surface area (Å²) < 4.78 is 9.24. The molecule has 0 bridgehead atoms. The lowest BCUT2D eigenvalue weighted by Crippen LogP contribution is -2.00. The van der Waals surface area contributed by atoms with Crippen LogP contribution in [0.4, 0.5) is 0 Å². The van der Waals surface area contributed by atoms with E-state index < -0.39 is 0 Å². The quantitative estimate of drug-likeness (QED) is 0.171. The smallest absolute Gasteiger partial charge is 0.164 e. The van der Waals surface area contributed by atoms with E-state index in [1.54, 1.807) is 0 Å². The Labute approximate surface area is 327 Å². The minimum atomic E-state index is 0.596. The van der Waals surface area contributed by atoms with Crippen molar-refractivity contribution >= 4 is 53.4 Å². The molecule has 0 saturated carbocycles. The number of aromatic nitrogens is 3. The number of nitrogens with zero attached hydrogens (tertiary/aromatic N) is 3. The molecule has 3 aromatic heterocycles. The summed E-state index contributed by atoms with van der Waals surface area (Å²) in [7, 11) is 0. The van der Waals surface area contributed by atoms with Gasteiger partial charge in [0.15, 0.2) is 17.5 Å². The van der Waals surface area contributed by atoms with Gasteiger partial charge in [-0.05, 0) is 70.3 Å². The van der Waals surface area contributed by atoms with E-state index in [-0.39, 0.29) is 0 Å². The van der Waals surface area contributed by atoms with Gasteiger partial charge in [0.1, 0.15) is 11.2 Å². The molecule has 0 unspecified atom stereocenters. The monoisotopic (exact) mass is 733 g/mol. The molecule has 56 heavy (non-hydrogen) atoms. The van der Waals surface area contributed by atoms with Gasteiger partial charge in [-0.2, -0.15) is 0 Å². The first-order valence-electron chi connectivity index (χ1n) is 18.7. The molecular formula is C51H31N3OS. The molecule has 0 spiro atoms. The van der Waals surface area contributed by atoms with Crippen LogP contribution >= 0.6 is 11.3 Å². The number of rotatable bonds is 6. The van der Waals surface area contributed by atoms with Gasteiger partial charge in [-0.3, -0.25) is 0 Å². The number of hydrogen-bond acceptors (Lipinski definition) is 5. The maximum atomic E-state index is 6.69. The lowest BCUT2D eigenvalue weighted by Gasteiger charge is -2.10. The molecule has 0 atom stereocenters. The molecule has 8 aromatic carbocycles. The van der Waals surface area contributed by atoms with Crippen molar-refractivity contribution in [3.8, 4) is 67.5 Å². The molecule has 262 valence electrons. The van der Waals surface area contributed by atoms with Crippen molar-refractivity contribution in [1.82, 2.24) is 15.0 Å². The van der Waals surface area contributed by atoms with Crippen LogP contribution in [0.1, 0.15) is 0 Å². The first-order chi connectivity index (χ1) is 27.7. The fourth-order valence-electron chi connectivity index (χ4n) is 7.83. The van der Waals surface area contributed by atoms with Gasteiger partial charge in [0.05, 0.1) is 0 Å². The third kappa shape index (κ3) is 5.56. The molecule has 0 aliphatic carbocycles. The van der Waals surface area contributed by atoms with Crippen molar-refractivity contribution < 1.29 is 4.42 Å². The largest absolute Gasteiger partial charge is 0.456 e. The van der Waals surface area contributed by atoms with Crippen molar-refractivity contribution in [2.45, 2.75) is 0 Å². The molecule has 11 aromatic rings. The predicted molar refractivity (Wildman–Crippen MR) is 233 cm³/mol. The molecule has 0 aliphatic rings. The van der Waals surface area contributed by atoms with Crippen LogP contribution in [0.15, 0.2) is 192 Å². The van der Waals surface area contributed by atoms with Gasteiger partial charge in [0.2, 0.25) is 0 Å².